The second-order valence-corrected chi connectivity index (χ2v) is 5.43. The van der Waals surface area contributed by atoms with Crippen LogP contribution in [0.2, 0.25) is 0 Å². The molecule has 2 aliphatic rings. The third-order valence-electron chi connectivity index (χ3n) is 4.04. The number of ether oxygens (including phenoxy) is 2. The van der Waals surface area contributed by atoms with E-state index in [1.165, 1.54) is 0 Å². The minimum atomic E-state index is -0.310. The van der Waals surface area contributed by atoms with Gasteiger partial charge in [-0.05, 0) is 30.2 Å². The lowest BCUT2D eigenvalue weighted by Crippen LogP contribution is -2.34. The molecule has 4 heteroatoms. The summed E-state index contributed by atoms with van der Waals surface area (Å²) in [5.41, 5.74) is 1.01. The molecule has 3 rings (SSSR count). The Morgan fingerprint density at radius 3 is 2.58 bits per heavy atom. The van der Waals surface area contributed by atoms with Crippen molar-refractivity contribution < 1.29 is 14.3 Å². The summed E-state index contributed by atoms with van der Waals surface area (Å²) in [6.45, 7) is 2.03. The molecule has 1 aliphatic carbocycles. The molecular weight excluding hydrogens is 242 g/mol. The monoisotopic (exact) mass is 261 g/mol. The molecule has 0 bridgehead atoms. The average molecular weight is 261 g/mol. The quantitative estimate of drug-likeness (QED) is 0.908. The highest BCUT2D eigenvalue weighted by molar-refractivity contribution is 5.67. The maximum atomic E-state index is 11.7. The van der Waals surface area contributed by atoms with Crippen LogP contribution >= 0.6 is 0 Å². The lowest BCUT2D eigenvalue weighted by atomic mass is 10.0. The van der Waals surface area contributed by atoms with Crippen molar-refractivity contribution in [2.45, 2.75) is 25.5 Å². The molecule has 0 aromatic heterocycles. The fourth-order valence-corrected chi connectivity index (χ4v) is 3.04. The van der Waals surface area contributed by atoms with Crippen LogP contribution in [0.5, 0.6) is 0 Å². The lowest BCUT2D eigenvalue weighted by molar-refractivity contribution is 0.132. The molecule has 1 saturated carbocycles. The van der Waals surface area contributed by atoms with Crippen molar-refractivity contribution in [3.63, 3.8) is 0 Å². The molecule has 2 fully saturated rings. The minimum absolute atomic E-state index is 0.252. The van der Waals surface area contributed by atoms with Gasteiger partial charge in [0, 0.05) is 19.3 Å². The van der Waals surface area contributed by atoms with Gasteiger partial charge < -0.3 is 14.8 Å². The first-order valence-electron chi connectivity index (χ1n) is 6.86. The van der Waals surface area contributed by atoms with Gasteiger partial charge in [-0.25, -0.2) is 4.79 Å². The molecule has 1 aromatic rings. The van der Waals surface area contributed by atoms with E-state index in [0.717, 1.165) is 31.6 Å². The first-order valence-corrected chi connectivity index (χ1v) is 6.86. The molecule has 1 N–H and O–H groups in total. The van der Waals surface area contributed by atoms with Crippen LogP contribution < -0.4 is 5.32 Å². The van der Waals surface area contributed by atoms with E-state index in [2.05, 4.69) is 5.32 Å². The van der Waals surface area contributed by atoms with Gasteiger partial charge in [0.05, 0.1) is 0 Å². The second-order valence-electron chi connectivity index (χ2n) is 5.43. The number of hydrogen-bond donors (Lipinski definition) is 1. The zero-order valence-corrected chi connectivity index (χ0v) is 10.9. The molecule has 2 unspecified atom stereocenters. The highest BCUT2D eigenvalue weighted by atomic mass is 16.5. The summed E-state index contributed by atoms with van der Waals surface area (Å²) in [6.07, 6.45) is 1.73. The van der Waals surface area contributed by atoms with Crippen molar-refractivity contribution in [2.24, 2.45) is 11.8 Å². The Labute approximate surface area is 113 Å². The van der Waals surface area contributed by atoms with Crippen molar-refractivity contribution in [2.75, 3.05) is 13.2 Å². The zero-order chi connectivity index (χ0) is 13.1. The van der Waals surface area contributed by atoms with Crippen molar-refractivity contribution in [3.05, 3.63) is 35.9 Å². The normalized spacial score (nSPS) is 28.9. The van der Waals surface area contributed by atoms with Crippen LogP contribution in [-0.4, -0.2) is 25.3 Å². The van der Waals surface area contributed by atoms with Gasteiger partial charge in [-0.3, -0.25) is 0 Å². The minimum Gasteiger partial charge on any atom is -0.445 e. The molecule has 1 aromatic carbocycles. The van der Waals surface area contributed by atoms with Crippen LogP contribution in [0.15, 0.2) is 30.3 Å². The Bertz CT molecular complexity index is 422. The summed E-state index contributed by atoms with van der Waals surface area (Å²) in [6, 6.07) is 9.98. The molecular formula is C15H19NO3. The summed E-state index contributed by atoms with van der Waals surface area (Å²) >= 11 is 0. The fraction of sp³-hybridized carbons (Fsp3) is 0.533. The number of alkyl carbamates (subject to hydrolysis) is 1. The molecule has 1 saturated heterocycles. The van der Waals surface area contributed by atoms with E-state index in [-0.39, 0.29) is 12.1 Å². The maximum Gasteiger partial charge on any atom is 0.407 e. The molecule has 1 amide bonds. The molecule has 1 aliphatic heterocycles. The van der Waals surface area contributed by atoms with Gasteiger partial charge in [0.15, 0.2) is 0 Å². The molecule has 0 radical (unpaired) electrons. The summed E-state index contributed by atoms with van der Waals surface area (Å²) in [5.74, 6) is 1.25. The van der Waals surface area contributed by atoms with Crippen LogP contribution in [0.25, 0.3) is 0 Å². The van der Waals surface area contributed by atoms with Crippen molar-refractivity contribution in [1.29, 1.82) is 0 Å². The van der Waals surface area contributed by atoms with Gasteiger partial charge >= 0.3 is 6.09 Å². The molecule has 0 spiro atoms. The van der Waals surface area contributed by atoms with Crippen molar-refractivity contribution >= 4 is 6.09 Å². The number of carbonyl (C=O) groups is 1. The number of benzene rings is 1. The van der Waals surface area contributed by atoms with Gasteiger partial charge in [-0.1, -0.05) is 30.3 Å². The Morgan fingerprint density at radius 2 is 1.89 bits per heavy atom. The van der Waals surface area contributed by atoms with E-state index >= 15 is 0 Å². The number of hydrogen-bond acceptors (Lipinski definition) is 3. The highest BCUT2D eigenvalue weighted by Gasteiger charge is 2.38. The largest absolute Gasteiger partial charge is 0.445 e. The first kappa shape index (κ1) is 12.5. The number of rotatable bonds is 3. The zero-order valence-electron chi connectivity index (χ0n) is 10.9. The first-order chi connectivity index (χ1) is 9.31. The van der Waals surface area contributed by atoms with Gasteiger partial charge in [0.25, 0.3) is 0 Å². The lowest BCUT2D eigenvalue weighted by Gasteiger charge is -2.13. The average Bonchev–Trinajstić information content (AvgIpc) is 2.98. The Hall–Kier alpha value is -1.55. The second kappa shape index (κ2) is 5.61. The predicted octanol–water partition coefficient (Wildman–Crippen LogP) is 2.34. The summed E-state index contributed by atoms with van der Waals surface area (Å²) in [4.78, 5) is 11.7. The van der Waals surface area contributed by atoms with Gasteiger partial charge in [-0.2, -0.15) is 0 Å². The molecule has 102 valence electrons. The van der Waals surface area contributed by atoms with Gasteiger partial charge in [0.1, 0.15) is 6.61 Å². The summed E-state index contributed by atoms with van der Waals surface area (Å²) in [7, 11) is 0. The molecule has 19 heavy (non-hydrogen) atoms. The van der Waals surface area contributed by atoms with Crippen molar-refractivity contribution in [1.82, 2.24) is 5.32 Å². The predicted molar refractivity (Wildman–Crippen MR) is 70.6 cm³/mol. The third-order valence-corrected chi connectivity index (χ3v) is 4.04. The van der Waals surface area contributed by atoms with Crippen molar-refractivity contribution in [3.8, 4) is 0 Å². The van der Waals surface area contributed by atoms with E-state index in [1.807, 2.05) is 30.3 Å². The Balaban J connectivity index is 1.42. The van der Waals surface area contributed by atoms with Gasteiger partial charge in [-0.15, -0.1) is 0 Å². The number of fused-ring (bicyclic) bond motifs is 1. The number of carbonyl (C=O) groups excluding carboxylic acids is 1. The molecule has 2 atom stereocenters. The van der Waals surface area contributed by atoms with Crippen LogP contribution in [0.3, 0.4) is 0 Å². The van der Waals surface area contributed by atoms with Crippen LogP contribution in [0, 0.1) is 11.8 Å². The fourth-order valence-electron chi connectivity index (χ4n) is 3.04. The maximum absolute atomic E-state index is 11.7. The van der Waals surface area contributed by atoms with E-state index < -0.39 is 0 Å². The smallest absolute Gasteiger partial charge is 0.407 e. The van der Waals surface area contributed by atoms with Crippen LogP contribution in [0.4, 0.5) is 4.79 Å². The molecule has 4 nitrogen and oxygen atoms in total. The van der Waals surface area contributed by atoms with E-state index in [1.54, 1.807) is 0 Å². The van der Waals surface area contributed by atoms with E-state index in [9.17, 15) is 4.79 Å². The van der Waals surface area contributed by atoms with Gasteiger partial charge in [0.2, 0.25) is 0 Å². The summed E-state index contributed by atoms with van der Waals surface area (Å²) in [5, 5.41) is 2.96. The highest BCUT2D eigenvalue weighted by Crippen LogP contribution is 2.36. The number of nitrogens with one attached hydrogen (secondary N) is 1. The Morgan fingerprint density at radius 1 is 1.21 bits per heavy atom. The van der Waals surface area contributed by atoms with Crippen LogP contribution in [0.1, 0.15) is 18.4 Å². The van der Waals surface area contributed by atoms with E-state index in [4.69, 9.17) is 9.47 Å². The number of amides is 1. The summed E-state index contributed by atoms with van der Waals surface area (Å²) < 4.78 is 10.7. The standard InChI is InChI=1S/C15H19NO3/c17-15(19-8-11-4-2-1-3-5-11)16-14-6-12-9-18-10-13(12)7-14/h1-5,12-14H,6-10H2,(H,16,17). The van der Waals surface area contributed by atoms with E-state index in [0.29, 0.717) is 18.4 Å². The SMILES string of the molecule is O=C(NC1CC2COCC2C1)OCc1ccccc1. The third kappa shape index (κ3) is 3.07. The van der Waals surface area contributed by atoms with Crippen LogP contribution in [-0.2, 0) is 16.1 Å². The Kier molecular flexibility index (Phi) is 3.69. The molecule has 1 heterocycles. The topological polar surface area (TPSA) is 47.6 Å².